The summed E-state index contributed by atoms with van der Waals surface area (Å²) >= 11 is 0. The van der Waals surface area contributed by atoms with E-state index in [0.717, 1.165) is 16.5 Å². The van der Waals surface area contributed by atoms with Gasteiger partial charge in [-0.05, 0) is 50.5 Å². The van der Waals surface area contributed by atoms with Crippen molar-refractivity contribution in [2.24, 2.45) is 0 Å². The highest BCUT2D eigenvalue weighted by Crippen LogP contribution is 2.43. The molecule has 2 atom stereocenters. The largest absolute Gasteiger partial charge is 0.487 e. The molecule has 0 saturated heterocycles. The van der Waals surface area contributed by atoms with E-state index in [2.05, 4.69) is 9.97 Å². The number of aliphatic hydroxyl groups is 1. The minimum Gasteiger partial charge on any atom is -0.487 e. The quantitative estimate of drug-likeness (QED) is 0.321. The van der Waals surface area contributed by atoms with Crippen LogP contribution in [0.4, 0.5) is 13.2 Å². The number of nitrogens with one attached hydrogen (secondary N) is 1. The Morgan fingerprint density at radius 1 is 1.14 bits per heavy atom. The van der Waals surface area contributed by atoms with Crippen molar-refractivity contribution in [1.82, 2.24) is 14.9 Å². The number of aromatic nitrogens is 2. The summed E-state index contributed by atoms with van der Waals surface area (Å²) in [6.07, 6.45) is 2.16. The van der Waals surface area contributed by atoms with Gasteiger partial charge in [0.15, 0.2) is 0 Å². The maximum Gasteiger partial charge on any atom is 0.135 e. The fraction of sp³-hybridized carbons (Fsp3) is 0.345. The third kappa shape index (κ3) is 5.08. The molecule has 0 unspecified atom stereocenters. The minimum atomic E-state index is -1.56. The van der Waals surface area contributed by atoms with Gasteiger partial charge in [-0.3, -0.25) is 9.88 Å². The molecule has 1 aliphatic heterocycles. The molecule has 0 radical (unpaired) electrons. The molecule has 194 valence electrons. The lowest BCUT2D eigenvalue weighted by Crippen LogP contribution is -2.48. The highest BCUT2D eigenvalue weighted by molar-refractivity contribution is 5.85. The van der Waals surface area contributed by atoms with E-state index in [-0.39, 0.29) is 37.1 Å². The van der Waals surface area contributed by atoms with Gasteiger partial charge in [-0.2, -0.15) is 0 Å². The van der Waals surface area contributed by atoms with Crippen LogP contribution in [0.1, 0.15) is 54.9 Å². The number of aliphatic hydroxyl groups excluding tert-OH is 1. The van der Waals surface area contributed by atoms with Crippen LogP contribution in [-0.4, -0.2) is 38.2 Å². The van der Waals surface area contributed by atoms with Crippen molar-refractivity contribution in [2.75, 3.05) is 6.54 Å². The molecule has 1 aliphatic rings. The second kappa shape index (κ2) is 9.84. The van der Waals surface area contributed by atoms with Crippen molar-refractivity contribution in [1.29, 1.82) is 0 Å². The zero-order valence-corrected chi connectivity index (χ0v) is 21.1. The lowest BCUT2D eigenvalue weighted by molar-refractivity contribution is 0.0642. The average molecular weight is 510 g/mol. The number of ether oxygens (including phenoxy) is 1. The topological polar surface area (TPSA) is 61.4 Å². The van der Waals surface area contributed by atoms with Gasteiger partial charge in [-0.25, -0.2) is 13.2 Å². The van der Waals surface area contributed by atoms with Gasteiger partial charge >= 0.3 is 0 Å². The molecular formula is C29H30F3N3O2. The first-order valence-corrected chi connectivity index (χ1v) is 12.3. The Kier molecular flexibility index (Phi) is 6.72. The van der Waals surface area contributed by atoms with Crippen molar-refractivity contribution >= 4 is 10.9 Å². The van der Waals surface area contributed by atoms with Crippen LogP contribution in [0.3, 0.4) is 0 Å². The van der Waals surface area contributed by atoms with E-state index in [1.54, 1.807) is 12.1 Å². The fourth-order valence-corrected chi connectivity index (χ4v) is 5.20. The van der Waals surface area contributed by atoms with Gasteiger partial charge in [-0.15, -0.1) is 0 Å². The monoisotopic (exact) mass is 509 g/mol. The molecule has 4 aromatic rings. The van der Waals surface area contributed by atoms with E-state index < -0.39 is 23.3 Å². The SMILES string of the molecule is C[C@@H]1Cc2c([nH]c3ccccc23)[C@@H](c2c(F)cc(OCc3ccc(CO)cn3)cc2F)N1CC(C)(C)F. The summed E-state index contributed by atoms with van der Waals surface area (Å²) in [6, 6.07) is 12.5. The molecule has 3 heterocycles. The van der Waals surface area contributed by atoms with Gasteiger partial charge in [0.05, 0.1) is 18.3 Å². The number of benzene rings is 2. The highest BCUT2D eigenvalue weighted by Gasteiger charge is 2.41. The summed E-state index contributed by atoms with van der Waals surface area (Å²) in [6.45, 7) is 4.82. The van der Waals surface area contributed by atoms with Crippen LogP contribution in [0, 0.1) is 11.6 Å². The molecule has 5 rings (SSSR count). The standard InChI is InChI=1S/C29H30F3N3O2/c1-17-10-22-21-6-4-5-7-25(21)34-27(22)28(35(17)16-29(2,3)32)26-23(30)11-20(12-24(26)31)37-15-19-9-8-18(14-36)13-33-19/h4-9,11-13,17,28,34,36H,10,14-16H2,1-3H3/t17-,28-/m1/s1. The van der Waals surface area contributed by atoms with E-state index >= 15 is 8.78 Å². The Balaban J connectivity index is 1.53. The van der Waals surface area contributed by atoms with Gasteiger partial charge in [-0.1, -0.05) is 24.3 Å². The number of rotatable bonds is 7. The van der Waals surface area contributed by atoms with Crippen LogP contribution >= 0.6 is 0 Å². The van der Waals surface area contributed by atoms with Crippen LogP contribution in [0.5, 0.6) is 5.75 Å². The van der Waals surface area contributed by atoms with Crippen molar-refractivity contribution in [2.45, 2.75) is 58.2 Å². The van der Waals surface area contributed by atoms with Gasteiger partial charge < -0.3 is 14.8 Å². The molecule has 0 spiro atoms. The Morgan fingerprint density at radius 3 is 2.51 bits per heavy atom. The Bertz CT molecular complexity index is 1390. The zero-order chi connectivity index (χ0) is 26.3. The third-order valence-electron chi connectivity index (χ3n) is 6.86. The third-order valence-corrected chi connectivity index (χ3v) is 6.86. The zero-order valence-electron chi connectivity index (χ0n) is 21.1. The first kappa shape index (κ1) is 25.3. The molecule has 0 saturated carbocycles. The van der Waals surface area contributed by atoms with Gasteiger partial charge in [0.2, 0.25) is 0 Å². The Hall–Kier alpha value is -3.36. The lowest BCUT2D eigenvalue weighted by atomic mass is 9.87. The van der Waals surface area contributed by atoms with Crippen LogP contribution < -0.4 is 4.74 Å². The Labute approximate surface area is 213 Å². The summed E-state index contributed by atoms with van der Waals surface area (Å²) in [5.74, 6) is -1.49. The van der Waals surface area contributed by atoms with Crippen LogP contribution in [0.25, 0.3) is 10.9 Å². The molecular weight excluding hydrogens is 479 g/mol. The highest BCUT2D eigenvalue weighted by atomic mass is 19.1. The van der Waals surface area contributed by atoms with E-state index in [0.29, 0.717) is 23.4 Å². The van der Waals surface area contributed by atoms with Gasteiger partial charge in [0.1, 0.15) is 29.7 Å². The van der Waals surface area contributed by atoms with Crippen LogP contribution in [0.15, 0.2) is 54.7 Å². The summed E-state index contributed by atoms with van der Waals surface area (Å²) < 4.78 is 52.0. The van der Waals surface area contributed by atoms with Crippen molar-refractivity contribution in [3.63, 3.8) is 0 Å². The number of hydrogen-bond donors (Lipinski definition) is 2. The fourth-order valence-electron chi connectivity index (χ4n) is 5.20. The number of pyridine rings is 1. The molecule has 0 fully saturated rings. The molecule has 2 aromatic carbocycles. The molecule has 2 N–H and O–H groups in total. The maximum atomic E-state index is 15.7. The van der Waals surface area contributed by atoms with Crippen LogP contribution in [-0.2, 0) is 19.6 Å². The first-order chi connectivity index (χ1) is 17.6. The van der Waals surface area contributed by atoms with Gasteiger partial charge in [0.25, 0.3) is 0 Å². The number of para-hydroxylation sites is 1. The van der Waals surface area contributed by atoms with Crippen molar-refractivity contribution in [3.05, 3.63) is 94.4 Å². The number of fused-ring (bicyclic) bond motifs is 3. The average Bonchev–Trinajstić information content (AvgIpc) is 3.21. The van der Waals surface area contributed by atoms with E-state index in [1.165, 1.54) is 32.2 Å². The normalized spacial score (nSPS) is 18.2. The molecule has 2 aromatic heterocycles. The number of halogens is 3. The molecule has 37 heavy (non-hydrogen) atoms. The van der Waals surface area contributed by atoms with Crippen molar-refractivity contribution < 1.29 is 23.0 Å². The summed E-state index contributed by atoms with van der Waals surface area (Å²) in [5.41, 5.74) is 2.07. The van der Waals surface area contributed by atoms with E-state index in [1.807, 2.05) is 36.1 Å². The second-order valence-corrected chi connectivity index (χ2v) is 10.3. The molecule has 0 amide bonds. The number of H-pyrrole nitrogens is 1. The summed E-state index contributed by atoms with van der Waals surface area (Å²) in [4.78, 5) is 9.39. The predicted molar refractivity (Wildman–Crippen MR) is 136 cm³/mol. The maximum absolute atomic E-state index is 15.7. The predicted octanol–water partition coefficient (Wildman–Crippen LogP) is 6.00. The van der Waals surface area contributed by atoms with E-state index in [9.17, 15) is 4.39 Å². The Morgan fingerprint density at radius 2 is 1.86 bits per heavy atom. The van der Waals surface area contributed by atoms with Crippen LogP contribution in [0.2, 0.25) is 0 Å². The molecule has 5 nitrogen and oxygen atoms in total. The molecule has 8 heteroatoms. The lowest BCUT2D eigenvalue weighted by Gasteiger charge is -2.43. The first-order valence-electron chi connectivity index (χ1n) is 12.3. The number of alkyl halides is 1. The summed E-state index contributed by atoms with van der Waals surface area (Å²) in [7, 11) is 0. The number of aromatic amines is 1. The van der Waals surface area contributed by atoms with Crippen molar-refractivity contribution in [3.8, 4) is 5.75 Å². The number of nitrogens with zero attached hydrogens (tertiary/aromatic N) is 2. The smallest absolute Gasteiger partial charge is 0.135 e. The molecule has 0 aliphatic carbocycles. The number of hydrogen-bond acceptors (Lipinski definition) is 4. The van der Waals surface area contributed by atoms with E-state index in [4.69, 9.17) is 9.84 Å². The second-order valence-electron chi connectivity index (χ2n) is 10.3. The summed E-state index contributed by atoms with van der Waals surface area (Å²) in [5, 5.41) is 10.2. The van der Waals surface area contributed by atoms with Gasteiger partial charge in [0, 0.05) is 53.1 Å². The minimum absolute atomic E-state index is 0.0126. The molecule has 0 bridgehead atoms.